The number of fused-ring (bicyclic) bond motifs is 12. The molecule has 0 saturated heterocycles. The molecule has 7 aromatic carbocycles. The van der Waals surface area contributed by atoms with Crippen LogP contribution in [0.4, 0.5) is 0 Å². The van der Waals surface area contributed by atoms with Crippen LogP contribution in [0.3, 0.4) is 0 Å². The van der Waals surface area contributed by atoms with Crippen molar-refractivity contribution in [2.45, 2.75) is 6.92 Å². The molecule has 0 amide bonds. The van der Waals surface area contributed by atoms with Crippen LogP contribution in [0.25, 0.3) is 98.4 Å². The summed E-state index contributed by atoms with van der Waals surface area (Å²) in [6, 6.07) is 51.8. The Morgan fingerprint density at radius 2 is 0.644 bits per heavy atom. The molecular weight excluding hydrogens is 544 g/mol. The third-order valence-electron chi connectivity index (χ3n) is 10.4. The number of benzene rings is 7. The van der Waals surface area contributed by atoms with Gasteiger partial charge in [-0.2, -0.15) is 0 Å². The van der Waals surface area contributed by atoms with Crippen molar-refractivity contribution in [3.63, 3.8) is 0 Å². The third-order valence-corrected chi connectivity index (χ3v) is 10.4. The summed E-state index contributed by atoms with van der Waals surface area (Å²) in [7, 11) is 0. The van der Waals surface area contributed by atoms with Gasteiger partial charge in [0, 0.05) is 43.1 Å². The maximum absolute atomic E-state index is 2.45. The molecule has 2 heteroatoms. The van der Waals surface area contributed by atoms with Gasteiger partial charge in [-0.1, -0.05) is 91.0 Å². The van der Waals surface area contributed by atoms with E-state index in [2.05, 4.69) is 155 Å². The lowest BCUT2D eigenvalue weighted by Gasteiger charge is -2.13. The van der Waals surface area contributed by atoms with E-state index >= 15 is 0 Å². The van der Waals surface area contributed by atoms with E-state index in [-0.39, 0.29) is 0 Å². The Morgan fingerprint density at radius 1 is 0.333 bits per heavy atom. The van der Waals surface area contributed by atoms with Gasteiger partial charge < -0.3 is 8.80 Å². The zero-order chi connectivity index (χ0) is 29.4. The first kappa shape index (κ1) is 23.6. The van der Waals surface area contributed by atoms with Crippen molar-refractivity contribution < 1.29 is 0 Å². The van der Waals surface area contributed by atoms with Gasteiger partial charge in [0.15, 0.2) is 0 Å². The van der Waals surface area contributed by atoms with Crippen molar-refractivity contribution in [2.75, 3.05) is 0 Å². The Labute approximate surface area is 258 Å². The van der Waals surface area contributed by atoms with E-state index in [0.29, 0.717) is 0 Å². The van der Waals surface area contributed by atoms with E-state index in [4.69, 9.17) is 0 Å². The minimum absolute atomic E-state index is 1.27. The van der Waals surface area contributed by atoms with Crippen LogP contribution in [0.2, 0.25) is 0 Å². The maximum Gasteiger partial charge on any atom is 0.0620 e. The molecule has 0 aliphatic heterocycles. The molecule has 0 atom stereocenters. The van der Waals surface area contributed by atoms with Gasteiger partial charge >= 0.3 is 0 Å². The van der Waals surface area contributed by atoms with E-state index in [1.54, 1.807) is 0 Å². The summed E-state index contributed by atoms with van der Waals surface area (Å²) in [5, 5.41) is 10.5. The average molecular weight is 571 g/mol. The summed E-state index contributed by atoms with van der Waals surface area (Å²) in [6.07, 6.45) is 0. The molecule has 0 aliphatic carbocycles. The van der Waals surface area contributed by atoms with Crippen LogP contribution < -0.4 is 0 Å². The molecule has 11 aromatic rings. The molecule has 4 heterocycles. The van der Waals surface area contributed by atoms with E-state index in [9.17, 15) is 0 Å². The molecule has 0 N–H and O–H groups in total. The smallest absolute Gasteiger partial charge is 0.0620 e. The van der Waals surface area contributed by atoms with Gasteiger partial charge in [-0.3, -0.25) is 0 Å². The Bertz CT molecular complexity index is 2620. The Morgan fingerprint density at radius 3 is 0.978 bits per heavy atom. The average Bonchev–Trinajstić information content (AvgIpc) is 3.81. The van der Waals surface area contributed by atoms with Crippen molar-refractivity contribution in [3.05, 3.63) is 145 Å². The molecule has 0 unspecified atom stereocenters. The Hall–Kier alpha value is -5.86. The second kappa shape index (κ2) is 8.19. The molecule has 0 fully saturated rings. The first-order valence-electron chi connectivity index (χ1n) is 15.7. The second-order valence-electron chi connectivity index (χ2n) is 12.6. The largest absolute Gasteiger partial charge is 0.308 e. The lowest BCUT2D eigenvalue weighted by atomic mass is 9.90. The second-order valence-corrected chi connectivity index (χ2v) is 12.6. The Kier molecular flexibility index (Phi) is 4.29. The quantitative estimate of drug-likeness (QED) is 0.195. The molecule has 11 rings (SSSR count). The molecule has 2 nitrogen and oxygen atoms in total. The number of hydrogen-bond donors (Lipinski definition) is 0. The van der Waals surface area contributed by atoms with Crippen molar-refractivity contribution in [2.24, 2.45) is 0 Å². The summed E-state index contributed by atoms with van der Waals surface area (Å²) in [5.41, 5.74) is 14.1. The Balaban J connectivity index is 1.21. The van der Waals surface area contributed by atoms with Gasteiger partial charge in [-0.15, -0.1) is 0 Å². The van der Waals surface area contributed by atoms with Gasteiger partial charge in [0.25, 0.3) is 0 Å². The van der Waals surface area contributed by atoms with E-state index in [0.717, 1.165) is 0 Å². The molecular formula is C43H26N2. The van der Waals surface area contributed by atoms with Crippen LogP contribution in [-0.4, -0.2) is 8.80 Å². The predicted molar refractivity (Wildman–Crippen MR) is 191 cm³/mol. The van der Waals surface area contributed by atoms with Crippen LogP contribution >= 0.6 is 0 Å². The van der Waals surface area contributed by atoms with Crippen LogP contribution in [0.5, 0.6) is 0 Å². The minimum Gasteiger partial charge on any atom is -0.308 e. The fraction of sp³-hybridized carbons (Fsp3) is 0.0233. The van der Waals surface area contributed by atoms with Crippen LogP contribution in [-0.2, 0) is 0 Å². The van der Waals surface area contributed by atoms with Gasteiger partial charge in [-0.25, -0.2) is 0 Å². The molecule has 0 saturated carbocycles. The highest BCUT2D eigenvalue weighted by Gasteiger charge is 2.21. The lowest BCUT2D eigenvalue weighted by Crippen LogP contribution is -1.89. The monoisotopic (exact) mass is 570 g/mol. The number of nitrogens with zero attached hydrogens (tertiary/aromatic N) is 2. The zero-order valence-corrected chi connectivity index (χ0v) is 24.7. The molecule has 0 spiro atoms. The summed E-state index contributed by atoms with van der Waals surface area (Å²) < 4.78 is 4.91. The first-order valence-corrected chi connectivity index (χ1v) is 15.7. The highest BCUT2D eigenvalue weighted by atomic mass is 14.9. The normalized spacial score (nSPS) is 12.6. The molecule has 208 valence electrons. The minimum atomic E-state index is 1.27. The summed E-state index contributed by atoms with van der Waals surface area (Å²) >= 11 is 0. The number of para-hydroxylation sites is 4. The molecule has 4 aromatic heterocycles. The summed E-state index contributed by atoms with van der Waals surface area (Å²) in [6.45, 7) is 2.30. The van der Waals surface area contributed by atoms with Crippen molar-refractivity contribution in [1.82, 2.24) is 8.80 Å². The van der Waals surface area contributed by atoms with E-state index < -0.39 is 0 Å². The highest BCUT2D eigenvalue weighted by Crippen LogP contribution is 2.45. The molecule has 0 bridgehead atoms. The van der Waals surface area contributed by atoms with E-state index in [1.807, 2.05) is 0 Å². The van der Waals surface area contributed by atoms with Gasteiger partial charge in [0.1, 0.15) is 0 Å². The first-order chi connectivity index (χ1) is 22.3. The third kappa shape index (κ3) is 2.85. The number of rotatable bonds is 2. The SMILES string of the molecule is Cc1c(-c2cc3c4ccccc4n4c5ccccc5c(c2)c34)cccc1-c1cc2c3ccccc3n3c4ccccc4c(c1)c23. The van der Waals surface area contributed by atoms with Crippen molar-refractivity contribution in [1.29, 1.82) is 0 Å². The van der Waals surface area contributed by atoms with Gasteiger partial charge in [0.2, 0.25) is 0 Å². The van der Waals surface area contributed by atoms with Crippen molar-refractivity contribution >= 4 is 76.2 Å². The zero-order valence-electron chi connectivity index (χ0n) is 24.7. The topological polar surface area (TPSA) is 8.82 Å². The van der Waals surface area contributed by atoms with Crippen LogP contribution in [0.15, 0.2) is 140 Å². The van der Waals surface area contributed by atoms with Crippen molar-refractivity contribution in [3.8, 4) is 22.3 Å². The summed E-state index contributed by atoms with van der Waals surface area (Å²) in [5.74, 6) is 0. The van der Waals surface area contributed by atoms with Crippen LogP contribution in [0, 0.1) is 6.92 Å². The predicted octanol–water partition coefficient (Wildman–Crippen LogP) is 11.6. The van der Waals surface area contributed by atoms with Gasteiger partial charge in [0.05, 0.1) is 33.1 Å². The fourth-order valence-electron chi connectivity index (χ4n) is 8.47. The number of hydrogen-bond acceptors (Lipinski definition) is 0. The maximum atomic E-state index is 2.45. The highest BCUT2D eigenvalue weighted by molar-refractivity contribution is 6.26. The van der Waals surface area contributed by atoms with Crippen LogP contribution in [0.1, 0.15) is 5.56 Å². The lowest BCUT2D eigenvalue weighted by molar-refractivity contribution is 1.37. The molecule has 45 heavy (non-hydrogen) atoms. The standard InChI is InChI=1S/C43H26N2/c1-25-28(26-21-34-30-11-2-6-17-38(30)44-39-18-7-3-12-31(39)35(22-26)42(34)44)15-10-16-29(25)27-23-36-32-13-4-8-19-40(32)45-41-20-9-5-14-33(41)37(24-27)43(36)45/h2-24H,1H3. The number of aromatic nitrogens is 2. The van der Waals surface area contributed by atoms with Gasteiger partial charge in [-0.05, 0) is 83.3 Å². The summed E-state index contributed by atoms with van der Waals surface area (Å²) in [4.78, 5) is 0. The molecule has 0 radical (unpaired) electrons. The fourth-order valence-corrected chi connectivity index (χ4v) is 8.47. The van der Waals surface area contributed by atoms with E-state index in [1.165, 1.54) is 104 Å². The molecule has 0 aliphatic rings.